The maximum Gasteiger partial charge on any atom is 0.317 e. The summed E-state index contributed by atoms with van der Waals surface area (Å²) in [5.41, 5.74) is 1.17. The van der Waals surface area contributed by atoms with E-state index in [1.165, 1.54) is 24.1 Å². The first-order valence-electron chi connectivity index (χ1n) is 10.4. The van der Waals surface area contributed by atoms with Gasteiger partial charge in [-0.15, -0.1) is 5.10 Å². The van der Waals surface area contributed by atoms with Crippen LogP contribution in [-0.2, 0) is 24.4 Å². The number of benzene rings is 1. The van der Waals surface area contributed by atoms with Crippen molar-refractivity contribution in [2.45, 2.75) is 38.1 Å². The second kappa shape index (κ2) is 8.73. The molecule has 4 rings (SSSR count). The highest BCUT2D eigenvalue weighted by atomic mass is 19.1. The van der Waals surface area contributed by atoms with E-state index in [0.717, 1.165) is 18.5 Å². The molecular weight excluding hydrogens is 419 g/mol. The van der Waals surface area contributed by atoms with Gasteiger partial charge < -0.3 is 24.6 Å². The minimum atomic E-state index is -0.580. The summed E-state index contributed by atoms with van der Waals surface area (Å²) in [4.78, 5) is 27.9. The Morgan fingerprint density at radius 1 is 1.34 bits per heavy atom. The second-order valence-corrected chi connectivity index (χ2v) is 8.34. The molecule has 0 saturated carbocycles. The lowest BCUT2D eigenvalue weighted by Crippen LogP contribution is -2.55. The molecule has 1 fully saturated rings. The molecule has 2 aliphatic rings. The van der Waals surface area contributed by atoms with Crippen molar-refractivity contribution >= 4 is 11.9 Å². The Morgan fingerprint density at radius 3 is 2.88 bits per heavy atom. The number of rotatable bonds is 4. The molecule has 1 saturated heterocycles. The van der Waals surface area contributed by atoms with Crippen molar-refractivity contribution in [3.8, 4) is 5.75 Å². The standard InChI is InChI=1S/C21H27FN6O4/c1-26(2)20(30)23-10-16-17-11-32-21(13-28(17)25-24-16)7-4-8-27(12-21)19(29)14-5-6-18(31-3)15(22)9-14/h5-6,9H,4,7-8,10-13H2,1-3H3,(H,23,30). The number of fused-ring (bicyclic) bond motifs is 1. The highest BCUT2D eigenvalue weighted by molar-refractivity contribution is 5.94. The van der Waals surface area contributed by atoms with Crippen molar-refractivity contribution in [1.29, 1.82) is 0 Å². The third kappa shape index (κ3) is 4.24. The Labute approximate surface area is 185 Å². The van der Waals surface area contributed by atoms with Crippen LogP contribution in [0.1, 0.15) is 34.6 Å². The van der Waals surface area contributed by atoms with E-state index >= 15 is 0 Å². The van der Waals surface area contributed by atoms with Gasteiger partial charge in [-0.3, -0.25) is 4.79 Å². The van der Waals surface area contributed by atoms with Crippen molar-refractivity contribution in [1.82, 2.24) is 30.1 Å². The summed E-state index contributed by atoms with van der Waals surface area (Å²) in [6.45, 7) is 1.96. The topological polar surface area (TPSA) is 102 Å². The van der Waals surface area contributed by atoms with Crippen LogP contribution in [0.15, 0.2) is 18.2 Å². The lowest BCUT2D eigenvalue weighted by molar-refractivity contribution is -0.122. The van der Waals surface area contributed by atoms with Crippen LogP contribution < -0.4 is 10.1 Å². The molecule has 2 aliphatic heterocycles. The molecule has 11 heteroatoms. The molecule has 3 amide bonds. The lowest BCUT2D eigenvalue weighted by Gasteiger charge is -2.44. The fraction of sp³-hybridized carbons (Fsp3) is 0.524. The molecule has 10 nitrogen and oxygen atoms in total. The fourth-order valence-electron chi connectivity index (χ4n) is 4.15. The van der Waals surface area contributed by atoms with Gasteiger partial charge in [-0.25, -0.2) is 13.9 Å². The molecule has 2 aromatic rings. The average Bonchev–Trinajstić information content (AvgIpc) is 3.18. The van der Waals surface area contributed by atoms with Crippen LogP contribution >= 0.6 is 0 Å². The third-order valence-corrected chi connectivity index (χ3v) is 5.91. The zero-order valence-corrected chi connectivity index (χ0v) is 18.4. The molecule has 32 heavy (non-hydrogen) atoms. The quantitative estimate of drug-likeness (QED) is 0.762. The van der Waals surface area contributed by atoms with E-state index in [-0.39, 0.29) is 29.8 Å². The van der Waals surface area contributed by atoms with Crippen LogP contribution in [0.25, 0.3) is 0 Å². The Morgan fingerprint density at radius 2 is 2.16 bits per heavy atom. The van der Waals surface area contributed by atoms with Gasteiger partial charge in [0.05, 0.1) is 39.0 Å². The van der Waals surface area contributed by atoms with E-state index in [1.54, 1.807) is 29.7 Å². The third-order valence-electron chi connectivity index (χ3n) is 5.91. The van der Waals surface area contributed by atoms with Gasteiger partial charge in [0, 0.05) is 26.2 Å². The van der Waals surface area contributed by atoms with Gasteiger partial charge >= 0.3 is 6.03 Å². The zero-order valence-electron chi connectivity index (χ0n) is 18.4. The van der Waals surface area contributed by atoms with Gasteiger partial charge in [-0.1, -0.05) is 5.21 Å². The molecule has 0 radical (unpaired) electrons. The van der Waals surface area contributed by atoms with E-state index < -0.39 is 11.4 Å². The van der Waals surface area contributed by atoms with Crippen molar-refractivity contribution in [2.75, 3.05) is 34.3 Å². The zero-order chi connectivity index (χ0) is 22.9. The summed E-state index contributed by atoms with van der Waals surface area (Å²) in [6.07, 6.45) is 1.54. The number of nitrogens with one attached hydrogen (secondary N) is 1. The number of likely N-dealkylation sites (tertiary alicyclic amines) is 1. The second-order valence-electron chi connectivity index (χ2n) is 8.34. The number of methoxy groups -OCH3 is 1. The van der Waals surface area contributed by atoms with E-state index in [0.29, 0.717) is 31.9 Å². The lowest BCUT2D eigenvalue weighted by atomic mass is 9.90. The van der Waals surface area contributed by atoms with Crippen molar-refractivity contribution < 1.29 is 23.5 Å². The molecule has 3 heterocycles. The number of halogens is 1. The van der Waals surface area contributed by atoms with Gasteiger partial charge in [0.2, 0.25) is 0 Å². The number of nitrogens with zero attached hydrogens (tertiary/aromatic N) is 5. The highest BCUT2D eigenvalue weighted by Crippen LogP contribution is 2.33. The van der Waals surface area contributed by atoms with Gasteiger partial charge in [0.15, 0.2) is 11.6 Å². The van der Waals surface area contributed by atoms with Crippen LogP contribution in [0, 0.1) is 5.82 Å². The van der Waals surface area contributed by atoms with Gasteiger partial charge in [0.1, 0.15) is 11.3 Å². The van der Waals surface area contributed by atoms with Crippen molar-refractivity contribution in [3.63, 3.8) is 0 Å². The smallest absolute Gasteiger partial charge is 0.317 e. The fourth-order valence-corrected chi connectivity index (χ4v) is 4.15. The number of aromatic nitrogens is 3. The summed E-state index contributed by atoms with van der Waals surface area (Å²) in [5.74, 6) is -0.714. The van der Waals surface area contributed by atoms with Crippen LogP contribution in [0.4, 0.5) is 9.18 Å². The maximum atomic E-state index is 14.1. The van der Waals surface area contributed by atoms with Crippen LogP contribution in [0.5, 0.6) is 5.75 Å². The van der Waals surface area contributed by atoms with Crippen LogP contribution in [-0.4, -0.2) is 76.6 Å². The molecule has 0 bridgehead atoms. The first kappa shape index (κ1) is 22.0. The average molecular weight is 446 g/mol. The molecule has 1 aromatic heterocycles. The van der Waals surface area contributed by atoms with E-state index in [1.807, 2.05) is 0 Å². The molecular formula is C21H27FN6O4. The van der Waals surface area contributed by atoms with Crippen molar-refractivity contribution in [3.05, 3.63) is 41.0 Å². The normalized spacial score (nSPS) is 20.1. The first-order chi connectivity index (χ1) is 15.3. The van der Waals surface area contributed by atoms with E-state index in [2.05, 4.69) is 15.6 Å². The first-order valence-corrected chi connectivity index (χ1v) is 10.4. The Hall–Kier alpha value is -3.21. The molecule has 1 N–H and O–H groups in total. The number of amides is 3. The largest absolute Gasteiger partial charge is 0.494 e. The number of piperidine rings is 1. The van der Waals surface area contributed by atoms with Gasteiger partial charge in [0.25, 0.3) is 5.91 Å². The SMILES string of the molecule is COc1ccc(C(=O)N2CCCC3(C2)Cn2nnc(CNC(=O)N(C)C)c2CO3)cc1F. The number of hydrogen-bond acceptors (Lipinski definition) is 6. The van der Waals surface area contributed by atoms with Gasteiger partial charge in [-0.2, -0.15) is 0 Å². The Balaban J connectivity index is 1.45. The van der Waals surface area contributed by atoms with Crippen molar-refractivity contribution in [2.24, 2.45) is 0 Å². The van der Waals surface area contributed by atoms with Crippen LogP contribution in [0.3, 0.4) is 0 Å². The number of urea groups is 1. The summed E-state index contributed by atoms with van der Waals surface area (Å²) < 4.78 is 27.1. The number of carbonyl (C=O) groups is 2. The molecule has 1 aromatic carbocycles. The molecule has 0 aliphatic carbocycles. The summed E-state index contributed by atoms with van der Waals surface area (Å²) >= 11 is 0. The summed E-state index contributed by atoms with van der Waals surface area (Å²) in [7, 11) is 4.72. The predicted molar refractivity (Wildman–Crippen MR) is 112 cm³/mol. The van der Waals surface area contributed by atoms with E-state index in [9.17, 15) is 14.0 Å². The molecule has 1 spiro atoms. The monoisotopic (exact) mass is 446 g/mol. The number of carbonyl (C=O) groups excluding carboxylic acids is 2. The minimum absolute atomic E-state index is 0.101. The molecule has 1 unspecified atom stereocenters. The number of ether oxygens (including phenoxy) is 2. The molecule has 172 valence electrons. The van der Waals surface area contributed by atoms with E-state index in [4.69, 9.17) is 9.47 Å². The Bertz CT molecular complexity index is 1030. The van der Waals surface area contributed by atoms with Crippen LogP contribution in [0.2, 0.25) is 0 Å². The predicted octanol–water partition coefficient (Wildman–Crippen LogP) is 1.40. The Kier molecular flexibility index (Phi) is 6.00. The van der Waals surface area contributed by atoms with Gasteiger partial charge in [-0.05, 0) is 31.0 Å². The summed E-state index contributed by atoms with van der Waals surface area (Å²) in [6, 6.07) is 4.01. The maximum absolute atomic E-state index is 14.1. The minimum Gasteiger partial charge on any atom is -0.494 e. The number of hydrogen-bond donors (Lipinski definition) is 1. The highest BCUT2D eigenvalue weighted by Gasteiger charge is 2.42. The molecule has 1 atom stereocenters. The summed E-state index contributed by atoms with van der Waals surface area (Å²) in [5, 5.41) is 11.2.